The lowest BCUT2D eigenvalue weighted by Gasteiger charge is -2.22. The van der Waals surface area contributed by atoms with Crippen LogP contribution in [0.5, 0.6) is 0 Å². The smallest absolute Gasteiger partial charge is 0.0365 e. The number of aliphatic imine (C=N–C) groups is 1. The molecule has 0 saturated carbocycles. The summed E-state index contributed by atoms with van der Waals surface area (Å²) in [5, 5.41) is 0. The highest BCUT2D eigenvalue weighted by Gasteiger charge is 2.18. The summed E-state index contributed by atoms with van der Waals surface area (Å²) in [4.78, 5) is 4.40. The molecule has 0 aromatic heterocycles. The van der Waals surface area contributed by atoms with E-state index in [1.54, 1.807) is 0 Å². The molecule has 0 aliphatic rings. The van der Waals surface area contributed by atoms with Gasteiger partial charge in [-0.1, -0.05) is 65.2 Å². The Morgan fingerprint density at radius 2 is 1.33 bits per heavy atom. The molecule has 21 heavy (non-hydrogen) atoms. The van der Waals surface area contributed by atoms with Gasteiger partial charge in [0.05, 0.1) is 0 Å². The molecule has 124 valence electrons. The average molecular weight is 295 g/mol. The van der Waals surface area contributed by atoms with E-state index in [-0.39, 0.29) is 0 Å². The van der Waals surface area contributed by atoms with Crippen LogP contribution in [0.1, 0.15) is 91.9 Å². The first-order valence-corrected chi connectivity index (χ1v) is 8.98. The summed E-state index contributed by atoms with van der Waals surface area (Å²) in [5.41, 5.74) is 9.60. The van der Waals surface area contributed by atoms with Crippen LogP contribution in [0, 0.1) is 5.92 Å². The fraction of sp³-hybridized carbons (Fsp3) is 0.842. The second-order valence-electron chi connectivity index (χ2n) is 6.30. The van der Waals surface area contributed by atoms with Crippen molar-refractivity contribution in [1.29, 1.82) is 0 Å². The van der Waals surface area contributed by atoms with Gasteiger partial charge in [0.2, 0.25) is 0 Å². The van der Waals surface area contributed by atoms with Crippen molar-refractivity contribution in [2.45, 2.75) is 91.9 Å². The van der Waals surface area contributed by atoms with Gasteiger partial charge >= 0.3 is 0 Å². The summed E-state index contributed by atoms with van der Waals surface area (Å²) in [6, 6.07) is 0. The Morgan fingerprint density at radius 1 is 0.857 bits per heavy atom. The zero-order valence-corrected chi connectivity index (χ0v) is 15.2. The van der Waals surface area contributed by atoms with Crippen LogP contribution in [-0.2, 0) is 0 Å². The van der Waals surface area contributed by atoms with Gasteiger partial charge in [-0.2, -0.15) is 0 Å². The van der Waals surface area contributed by atoms with E-state index in [2.05, 4.69) is 25.8 Å². The Hall–Kier alpha value is -0.790. The maximum atomic E-state index is 6.17. The van der Waals surface area contributed by atoms with Crippen LogP contribution in [0.3, 0.4) is 0 Å². The average Bonchev–Trinajstić information content (AvgIpc) is 2.46. The SMILES string of the molecule is CCCCCCC(CCCCCC)C(C(C)=NC)=C(C)N. The van der Waals surface area contributed by atoms with Crippen molar-refractivity contribution < 1.29 is 0 Å². The fourth-order valence-electron chi connectivity index (χ4n) is 3.09. The van der Waals surface area contributed by atoms with E-state index < -0.39 is 0 Å². The zero-order chi connectivity index (χ0) is 16.1. The molecule has 0 aromatic rings. The van der Waals surface area contributed by atoms with Crippen LogP contribution in [0.25, 0.3) is 0 Å². The molecule has 0 atom stereocenters. The summed E-state index contributed by atoms with van der Waals surface area (Å²) >= 11 is 0. The van der Waals surface area contributed by atoms with Gasteiger partial charge in [0.25, 0.3) is 0 Å². The third-order valence-electron chi connectivity index (χ3n) is 4.37. The van der Waals surface area contributed by atoms with Crippen LogP contribution < -0.4 is 5.73 Å². The fourth-order valence-corrected chi connectivity index (χ4v) is 3.09. The Kier molecular flexibility index (Phi) is 12.4. The van der Waals surface area contributed by atoms with Gasteiger partial charge in [-0.15, -0.1) is 0 Å². The number of hydrogen-bond acceptors (Lipinski definition) is 2. The number of nitrogens with two attached hydrogens (primary N) is 1. The molecule has 0 unspecified atom stereocenters. The minimum absolute atomic E-state index is 0.604. The van der Waals surface area contributed by atoms with Crippen molar-refractivity contribution in [3.8, 4) is 0 Å². The van der Waals surface area contributed by atoms with Crippen LogP contribution in [-0.4, -0.2) is 12.8 Å². The molecule has 0 rings (SSSR count). The van der Waals surface area contributed by atoms with E-state index in [1.807, 2.05) is 14.0 Å². The number of allylic oxidation sites excluding steroid dienone is 2. The van der Waals surface area contributed by atoms with Crippen LogP contribution in [0.2, 0.25) is 0 Å². The van der Waals surface area contributed by atoms with Crippen molar-refractivity contribution in [1.82, 2.24) is 0 Å². The van der Waals surface area contributed by atoms with Gasteiger partial charge in [-0.05, 0) is 38.2 Å². The van der Waals surface area contributed by atoms with E-state index in [4.69, 9.17) is 5.73 Å². The zero-order valence-electron chi connectivity index (χ0n) is 15.2. The first-order chi connectivity index (χ1) is 10.1. The van der Waals surface area contributed by atoms with Crippen molar-refractivity contribution in [2.24, 2.45) is 16.6 Å². The molecular formula is C19H38N2. The lowest BCUT2D eigenvalue weighted by molar-refractivity contribution is 0.461. The number of unbranched alkanes of at least 4 members (excludes halogenated alkanes) is 6. The molecule has 0 fully saturated rings. The molecule has 2 heteroatoms. The third-order valence-corrected chi connectivity index (χ3v) is 4.37. The predicted molar refractivity (Wildman–Crippen MR) is 96.9 cm³/mol. The summed E-state index contributed by atoms with van der Waals surface area (Å²) in [6.07, 6.45) is 13.2. The van der Waals surface area contributed by atoms with Gasteiger partial charge in [0.1, 0.15) is 0 Å². The monoisotopic (exact) mass is 294 g/mol. The van der Waals surface area contributed by atoms with Crippen LogP contribution in [0.15, 0.2) is 16.3 Å². The summed E-state index contributed by atoms with van der Waals surface area (Å²) in [5.74, 6) is 0.604. The Bertz CT molecular complexity index is 300. The van der Waals surface area contributed by atoms with Crippen molar-refractivity contribution >= 4 is 5.71 Å². The normalized spacial score (nSPS) is 13.7. The largest absolute Gasteiger partial charge is 0.402 e. The second kappa shape index (κ2) is 12.9. The van der Waals surface area contributed by atoms with Crippen LogP contribution >= 0.6 is 0 Å². The minimum atomic E-state index is 0.604. The molecule has 0 aliphatic carbocycles. The highest BCUT2D eigenvalue weighted by atomic mass is 14.7. The standard InChI is InChI=1S/C19H38N2/c1-6-8-10-12-14-18(15-13-11-9-7-2)19(16(3)20)17(4)21-5/h18H,6-15,20H2,1-5H3. The van der Waals surface area contributed by atoms with E-state index in [0.29, 0.717) is 5.92 Å². The second-order valence-corrected chi connectivity index (χ2v) is 6.30. The van der Waals surface area contributed by atoms with Gasteiger partial charge < -0.3 is 5.73 Å². The lowest BCUT2D eigenvalue weighted by Crippen LogP contribution is -2.17. The van der Waals surface area contributed by atoms with E-state index in [1.165, 1.54) is 69.8 Å². The number of hydrogen-bond donors (Lipinski definition) is 1. The van der Waals surface area contributed by atoms with Crippen molar-refractivity contribution in [2.75, 3.05) is 7.05 Å². The highest BCUT2D eigenvalue weighted by molar-refractivity contribution is 5.99. The minimum Gasteiger partial charge on any atom is -0.402 e. The molecule has 2 N–H and O–H groups in total. The number of rotatable bonds is 12. The Morgan fingerprint density at radius 3 is 1.67 bits per heavy atom. The van der Waals surface area contributed by atoms with Gasteiger partial charge in [0, 0.05) is 18.5 Å². The topological polar surface area (TPSA) is 38.4 Å². The van der Waals surface area contributed by atoms with Crippen molar-refractivity contribution in [3.63, 3.8) is 0 Å². The first-order valence-electron chi connectivity index (χ1n) is 8.98. The molecule has 0 amide bonds. The van der Waals surface area contributed by atoms with E-state index >= 15 is 0 Å². The number of nitrogens with zero attached hydrogens (tertiary/aromatic N) is 1. The van der Waals surface area contributed by atoms with Gasteiger partial charge in [0.15, 0.2) is 0 Å². The molecule has 2 nitrogen and oxygen atoms in total. The van der Waals surface area contributed by atoms with E-state index in [0.717, 1.165) is 11.4 Å². The summed E-state index contributed by atoms with van der Waals surface area (Å²) in [7, 11) is 1.88. The molecule has 0 spiro atoms. The molecule has 0 radical (unpaired) electrons. The highest BCUT2D eigenvalue weighted by Crippen LogP contribution is 2.27. The van der Waals surface area contributed by atoms with Gasteiger partial charge in [-0.25, -0.2) is 0 Å². The first kappa shape index (κ1) is 20.2. The summed E-state index contributed by atoms with van der Waals surface area (Å²) in [6.45, 7) is 8.68. The Balaban J connectivity index is 4.70. The quantitative estimate of drug-likeness (QED) is 0.355. The molecular weight excluding hydrogens is 256 g/mol. The Labute approximate surface area is 133 Å². The molecule has 0 aromatic carbocycles. The summed E-state index contributed by atoms with van der Waals surface area (Å²) < 4.78 is 0. The third kappa shape index (κ3) is 8.95. The van der Waals surface area contributed by atoms with Gasteiger partial charge in [-0.3, -0.25) is 4.99 Å². The molecule has 0 saturated heterocycles. The maximum absolute atomic E-state index is 6.17. The maximum Gasteiger partial charge on any atom is 0.0365 e. The molecule has 0 aliphatic heterocycles. The van der Waals surface area contributed by atoms with E-state index in [9.17, 15) is 0 Å². The molecule has 0 heterocycles. The van der Waals surface area contributed by atoms with Crippen LogP contribution in [0.4, 0.5) is 0 Å². The lowest BCUT2D eigenvalue weighted by atomic mass is 9.84. The van der Waals surface area contributed by atoms with Crippen molar-refractivity contribution in [3.05, 3.63) is 11.3 Å². The molecule has 0 bridgehead atoms. The predicted octanol–water partition coefficient (Wildman–Crippen LogP) is 5.87.